The Kier molecular flexibility index (Phi) is 6.42. The average molecular weight is 431 g/mol. The molecule has 0 bridgehead atoms. The van der Waals surface area contributed by atoms with E-state index in [2.05, 4.69) is 17.4 Å². The molecule has 1 saturated heterocycles. The number of aryl methyl sites for hydroxylation is 1. The zero-order valence-electron chi connectivity index (χ0n) is 17.7. The molecule has 3 aromatic carbocycles. The molecule has 1 heterocycles. The van der Waals surface area contributed by atoms with Gasteiger partial charge < -0.3 is 10.2 Å². The van der Waals surface area contributed by atoms with E-state index in [1.165, 1.54) is 5.56 Å². The number of carbonyl (C=O) groups excluding carboxylic acids is 2. The van der Waals surface area contributed by atoms with Crippen LogP contribution in [-0.2, 0) is 11.3 Å². The molecular weight excluding hydrogens is 404 g/mol. The highest BCUT2D eigenvalue weighted by Crippen LogP contribution is 2.39. The zero-order chi connectivity index (χ0) is 21.8. The molecule has 1 aliphatic rings. The molecule has 0 spiro atoms. The number of thioether (sulfide) groups is 1. The summed E-state index contributed by atoms with van der Waals surface area (Å²) in [6.07, 6.45) is 0. The molecule has 1 N–H and O–H groups in total. The van der Waals surface area contributed by atoms with Crippen molar-refractivity contribution >= 4 is 23.6 Å². The van der Waals surface area contributed by atoms with Crippen LogP contribution in [0.15, 0.2) is 78.9 Å². The minimum atomic E-state index is -0.101. The maximum Gasteiger partial charge on any atom is 0.251 e. The smallest absolute Gasteiger partial charge is 0.251 e. The quantitative estimate of drug-likeness (QED) is 0.580. The van der Waals surface area contributed by atoms with Gasteiger partial charge in [0, 0.05) is 12.1 Å². The molecule has 0 aromatic heterocycles. The lowest BCUT2D eigenvalue weighted by molar-refractivity contribution is -0.128. The lowest BCUT2D eigenvalue weighted by Crippen LogP contribution is -2.28. The standard InChI is InChI=1S/C26H26N2O2S/c1-18-8-10-21(11-9-18)19(2)27-25(30)22-12-14-23(15-13-22)26-28(24(29)17-31-26)16-20-6-4-3-5-7-20/h3-15,19,26H,16-17H2,1-2H3,(H,27,30). The minimum Gasteiger partial charge on any atom is -0.346 e. The van der Waals surface area contributed by atoms with Crippen LogP contribution in [0.1, 0.15) is 51.0 Å². The Bertz CT molecular complexity index is 1050. The first kappa shape index (κ1) is 21.2. The van der Waals surface area contributed by atoms with E-state index in [1.54, 1.807) is 11.8 Å². The van der Waals surface area contributed by atoms with Crippen LogP contribution in [0.3, 0.4) is 0 Å². The fourth-order valence-corrected chi connectivity index (χ4v) is 4.89. The average Bonchev–Trinajstić information content (AvgIpc) is 3.15. The van der Waals surface area contributed by atoms with Gasteiger partial charge in [0.2, 0.25) is 5.91 Å². The van der Waals surface area contributed by atoms with Crippen molar-refractivity contribution in [1.82, 2.24) is 10.2 Å². The van der Waals surface area contributed by atoms with Gasteiger partial charge in [-0.3, -0.25) is 9.59 Å². The van der Waals surface area contributed by atoms with Gasteiger partial charge in [-0.15, -0.1) is 11.8 Å². The first-order valence-electron chi connectivity index (χ1n) is 10.4. The summed E-state index contributed by atoms with van der Waals surface area (Å²) in [5, 5.41) is 3.03. The highest BCUT2D eigenvalue weighted by atomic mass is 32.2. The SMILES string of the molecule is Cc1ccc(C(C)NC(=O)c2ccc(C3SCC(=O)N3Cc3ccccc3)cc2)cc1. The van der Waals surface area contributed by atoms with Crippen LogP contribution in [0.5, 0.6) is 0 Å². The molecule has 5 heteroatoms. The number of benzene rings is 3. The molecule has 0 saturated carbocycles. The van der Waals surface area contributed by atoms with Crippen LogP contribution in [-0.4, -0.2) is 22.5 Å². The Morgan fingerprint density at radius 2 is 1.71 bits per heavy atom. The Hall–Kier alpha value is -3.05. The van der Waals surface area contributed by atoms with Gasteiger partial charge in [-0.1, -0.05) is 72.3 Å². The molecule has 2 unspecified atom stereocenters. The van der Waals surface area contributed by atoms with Gasteiger partial charge in [0.25, 0.3) is 5.91 Å². The molecule has 2 amide bonds. The summed E-state index contributed by atoms with van der Waals surface area (Å²) in [5.41, 5.74) is 5.04. The second kappa shape index (κ2) is 9.40. The molecule has 0 radical (unpaired) electrons. The van der Waals surface area contributed by atoms with E-state index in [1.807, 2.05) is 85.5 Å². The number of carbonyl (C=O) groups is 2. The van der Waals surface area contributed by atoms with Crippen molar-refractivity contribution in [2.45, 2.75) is 31.8 Å². The van der Waals surface area contributed by atoms with Gasteiger partial charge in [-0.2, -0.15) is 0 Å². The number of nitrogens with zero attached hydrogens (tertiary/aromatic N) is 1. The monoisotopic (exact) mass is 430 g/mol. The normalized spacial score (nSPS) is 16.9. The number of hydrogen-bond acceptors (Lipinski definition) is 3. The van der Waals surface area contributed by atoms with E-state index in [4.69, 9.17) is 0 Å². The fourth-order valence-electron chi connectivity index (χ4n) is 3.70. The highest BCUT2D eigenvalue weighted by molar-refractivity contribution is 8.00. The molecule has 1 fully saturated rings. The number of hydrogen-bond donors (Lipinski definition) is 1. The van der Waals surface area contributed by atoms with Crippen molar-refractivity contribution in [2.24, 2.45) is 0 Å². The molecular formula is C26H26N2O2S. The second-order valence-corrected chi connectivity index (χ2v) is 8.97. The van der Waals surface area contributed by atoms with Gasteiger partial charge in [0.1, 0.15) is 5.37 Å². The van der Waals surface area contributed by atoms with Crippen LogP contribution >= 0.6 is 11.8 Å². The lowest BCUT2D eigenvalue weighted by atomic mass is 10.1. The summed E-state index contributed by atoms with van der Waals surface area (Å²) in [6, 6.07) is 25.7. The first-order valence-corrected chi connectivity index (χ1v) is 11.5. The predicted molar refractivity (Wildman–Crippen MR) is 126 cm³/mol. The largest absolute Gasteiger partial charge is 0.346 e. The maximum atomic E-state index is 12.7. The van der Waals surface area contributed by atoms with Crippen molar-refractivity contribution in [2.75, 3.05) is 5.75 Å². The van der Waals surface area contributed by atoms with Crippen molar-refractivity contribution < 1.29 is 9.59 Å². The van der Waals surface area contributed by atoms with Crippen molar-refractivity contribution in [3.63, 3.8) is 0 Å². The van der Waals surface area contributed by atoms with E-state index in [0.29, 0.717) is 17.9 Å². The van der Waals surface area contributed by atoms with E-state index < -0.39 is 0 Å². The lowest BCUT2D eigenvalue weighted by Gasteiger charge is -2.24. The Balaban J connectivity index is 1.43. The van der Waals surface area contributed by atoms with Crippen LogP contribution in [0.4, 0.5) is 0 Å². The number of amides is 2. The molecule has 158 valence electrons. The summed E-state index contributed by atoms with van der Waals surface area (Å²) in [7, 11) is 0. The van der Waals surface area contributed by atoms with Crippen LogP contribution in [0, 0.1) is 6.92 Å². The molecule has 31 heavy (non-hydrogen) atoms. The second-order valence-electron chi connectivity index (χ2n) is 7.90. The van der Waals surface area contributed by atoms with Gasteiger partial charge in [0.05, 0.1) is 11.8 Å². The summed E-state index contributed by atoms with van der Waals surface area (Å²) in [6.45, 7) is 4.62. The van der Waals surface area contributed by atoms with Gasteiger partial charge in [0.15, 0.2) is 0 Å². The number of rotatable bonds is 6. The molecule has 4 rings (SSSR count). The summed E-state index contributed by atoms with van der Waals surface area (Å²) >= 11 is 1.63. The van der Waals surface area contributed by atoms with Crippen LogP contribution in [0.2, 0.25) is 0 Å². The Morgan fingerprint density at radius 1 is 1.03 bits per heavy atom. The molecule has 0 aliphatic carbocycles. The van der Waals surface area contributed by atoms with E-state index in [0.717, 1.165) is 16.7 Å². The molecule has 4 nitrogen and oxygen atoms in total. The molecule has 2 atom stereocenters. The predicted octanol–water partition coefficient (Wildman–Crippen LogP) is 5.26. The van der Waals surface area contributed by atoms with Crippen LogP contribution < -0.4 is 5.32 Å². The third-order valence-electron chi connectivity index (χ3n) is 5.55. The third-order valence-corrected chi connectivity index (χ3v) is 6.80. The van der Waals surface area contributed by atoms with E-state index in [9.17, 15) is 9.59 Å². The molecule has 3 aromatic rings. The van der Waals surface area contributed by atoms with E-state index in [-0.39, 0.29) is 23.2 Å². The maximum absolute atomic E-state index is 12.7. The minimum absolute atomic E-state index is 0.0312. The molecule has 1 aliphatic heterocycles. The zero-order valence-corrected chi connectivity index (χ0v) is 18.6. The third kappa shape index (κ3) is 5.00. The summed E-state index contributed by atoms with van der Waals surface area (Å²) < 4.78 is 0. The van der Waals surface area contributed by atoms with Crippen molar-refractivity contribution in [1.29, 1.82) is 0 Å². The van der Waals surface area contributed by atoms with Crippen molar-refractivity contribution in [3.8, 4) is 0 Å². The number of nitrogens with one attached hydrogen (secondary N) is 1. The van der Waals surface area contributed by atoms with Crippen molar-refractivity contribution in [3.05, 3.63) is 107 Å². The summed E-state index contributed by atoms with van der Waals surface area (Å²) in [4.78, 5) is 27.1. The first-order chi connectivity index (χ1) is 15.0. The van der Waals surface area contributed by atoms with Gasteiger partial charge >= 0.3 is 0 Å². The fraction of sp³-hybridized carbons (Fsp3) is 0.231. The Labute approximate surface area is 187 Å². The summed E-state index contributed by atoms with van der Waals surface area (Å²) in [5.74, 6) is 0.525. The topological polar surface area (TPSA) is 49.4 Å². The van der Waals surface area contributed by atoms with Gasteiger partial charge in [-0.05, 0) is 42.7 Å². The Morgan fingerprint density at radius 3 is 2.39 bits per heavy atom. The van der Waals surface area contributed by atoms with Crippen LogP contribution in [0.25, 0.3) is 0 Å². The van der Waals surface area contributed by atoms with Gasteiger partial charge in [-0.25, -0.2) is 0 Å². The van der Waals surface area contributed by atoms with E-state index >= 15 is 0 Å². The highest BCUT2D eigenvalue weighted by Gasteiger charge is 2.32.